The summed E-state index contributed by atoms with van der Waals surface area (Å²) < 4.78 is 7.31. The summed E-state index contributed by atoms with van der Waals surface area (Å²) in [5.41, 5.74) is 0.268. The highest BCUT2D eigenvalue weighted by Gasteiger charge is 2.15. The van der Waals surface area contributed by atoms with Crippen LogP contribution < -0.4 is 10.3 Å². The topological polar surface area (TPSA) is 61.2 Å². The third-order valence-corrected chi connectivity index (χ3v) is 4.25. The molecule has 3 aromatic rings. The normalized spacial score (nSPS) is 10.8. The number of carbonyl (C=O) groups is 1. The second kappa shape index (κ2) is 6.75. The molecule has 122 valence electrons. The lowest BCUT2D eigenvalue weighted by molar-refractivity contribution is -0.133. The van der Waals surface area contributed by atoms with Gasteiger partial charge >= 0.3 is 5.97 Å². The Bertz CT molecular complexity index is 1000. The Morgan fingerprint density at radius 1 is 1.25 bits per heavy atom. The minimum atomic E-state index is -0.504. The molecule has 0 spiro atoms. The van der Waals surface area contributed by atoms with Crippen molar-refractivity contribution < 1.29 is 9.53 Å². The van der Waals surface area contributed by atoms with Crippen LogP contribution in [0.4, 0.5) is 0 Å². The number of hydrogen-bond acceptors (Lipinski definition) is 4. The fraction of sp³-hybridized carbons (Fsp3) is 0.118. The van der Waals surface area contributed by atoms with Crippen molar-refractivity contribution in [2.75, 3.05) is 0 Å². The molecule has 0 aliphatic heterocycles. The number of benzene rings is 2. The molecule has 24 heavy (non-hydrogen) atoms. The lowest BCUT2D eigenvalue weighted by atomic mass is 10.1. The average molecular weight is 408 g/mol. The van der Waals surface area contributed by atoms with Gasteiger partial charge in [-0.25, -0.2) is 4.68 Å². The van der Waals surface area contributed by atoms with Gasteiger partial charge in [-0.3, -0.25) is 9.59 Å². The summed E-state index contributed by atoms with van der Waals surface area (Å²) >= 11 is 9.34. The van der Waals surface area contributed by atoms with E-state index in [1.165, 1.54) is 4.68 Å². The average Bonchev–Trinajstić information content (AvgIpc) is 2.55. The van der Waals surface area contributed by atoms with Crippen molar-refractivity contribution in [3.8, 4) is 5.75 Å². The fourth-order valence-electron chi connectivity index (χ4n) is 2.36. The first-order chi connectivity index (χ1) is 11.5. The van der Waals surface area contributed by atoms with E-state index < -0.39 is 5.97 Å². The molecule has 7 heteroatoms. The zero-order valence-corrected chi connectivity index (χ0v) is 15.0. The van der Waals surface area contributed by atoms with E-state index in [-0.39, 0.29) is 17.7 Å². The van der Waals surface area contributed by atoms with Crippen LogP contribution in [0, 0.1) is 0 Å². The maximum atomic E-state index is 12.2. The number of esters is 1. The lowest BCUT2D eigenvalue weighted by Gasteiger charge is -2.09. The predicted molar refractivity (Wildman–Crippen MR) is 95.5 cm³/mol. The van der Waals surface area contributed by atoms with Gasteiger partial charge in [-0.1, -0.05) is 45.7 Å². The zero-order chi connectivity index (χ0) is 17.3. The van der Waals surface area contributed by atoms with Crippen molar-refractivity contribution in [3.63, 3.8) is 0 Å². The van der Waals surface area contributed by atoms with Crippen molar-refractivity contribution >= 4 is 44.3 Å². The van der Waals surface area contributed by atoms with E-state index >= 15 is 0 Å². The predicted octanol–water partition coefficient (Wildman–Crippen LogP) is 3.50. The Morgan fingerprint density at radius 3 is 2.67 bits per heavy atom. The highest BCUT2D eigenvalue weighted by atomic mass is 79.9. The molecule has 0 saturated carbocycles. The molecular weight excluding hydrogens is 396 g/mol. The number of carbonyl (C=O) groups excluding carboxylic acids is 1. The van der Waals surface area contributed by atoms with Crippen LogP contribution in [-0.2, 0) is 18.3 Å². The first kappa shape index (κ1) is 16.7. The number of halogens is 2. The molecule has 1 heterocycles. The van der Waals surface area contributed by atoms with Gasteiger partial charge < -0.3 is 4.74 Å². The molecule has 0 saturated heterocycles. The second-order valence-electron chi connectivity index (χ2n) is 5.15. The van der Waals surface area contributed by atoms with E-state index in [1.54, 1.807) is 49.5 Å². The van der Waals surface area contributed by atoms with Gasteiger partial charge in [0.25, 0.3) is 5.56 Å². The number of fused-ring (bicyclic) bond motifs is 1. The van der Waals surface area contributed by atoms with E-state index in [4.69, 9.17) is 16.3 Å². The van der Waals surface area contributed by atoms with Gasteiger partial charge in [0.1, 0.15) is 5.75 Å². The molecule has 0 radical (unpaired) electrons. The molecule has 0 bridgehead atoms. The molecule has 0 amide bonds. The molecule has 1 aromatic heterocycles. The van der Waals surface area contributed by atoms with Crippen molar-refractivity contribution in [2.45, 2.75) is 6.42 Å². The Labute approximate surface area is 150 Å². The molecule has 5 nitrogen and oxygen atoms in total. The van der Waals surface area contributed by atoms with E-state index in [2.05, 4.69) is 21.0 Å². The van der Waals surface area contributed by atoms with Crippen LogP contribution in [0.15, 0.2) is 51.7 Å². The third-order valence-electron chi connectivity index (χ3n) is 3.46. The van der Waals surface area contributed by atoms with Crippen LogP contribution in [0.1, 0.15) is 5.69 Å². The first-order valence-electron chi connectivity index (χ1n) is 7.06. The van der Waals surface area contributed by atoms with Crippen LogP contribution in [-0.4, -0.2) is 15.7 Å². The highest BCUT2D eigenvalue weighted by molar-refractivity contribution is 9.10. The van der Waals surface area contributed by atoms with Crippen LogP contribution in [0.2, 0.25) is 5.02 Å². The van der Waals surface area contributed by atoms with Gasteiger partial charge in [0.2, 0.25) is 0 Å². The molecule has 0 N–H and O–H groups in total. The number of rotatable bonds is 3. The van der Waals surface area contributed by atoms with Gasteiger partial charge in [-0.2, -0.15) is 5.10 Å². The van der Waals surface area contributed by atoms with Gasteiger partial charge in [-0.05, 0) is 24.3 Å². The number of nitrogens with zero attached hydrogens (tertiary/aromatic N) is 2. The Hall–Kier alpha value is -2.18. The zero-order valence-electron chi connectivity index (χ0n) is 12.6. The number of aryl methyl sites for hydroxylation is 1. The molecule has 3 rings (SSSR count). The first-order valence-corrected chi connectivity index (χ1v) is 8.23. The quantitative estimate of drug-likeness (QED) is 0.492. The van der Waals surface area contributed by atoms with Crippen molar-refractivity contribution in [1.82, 2.24) is 9.78 Å². The number of aromatic nitrogens is 2. The summed E-state index contributed by atoms with van der Waals surface area (Å²) in [7, 11) is 1.55. The fourth-order valence-corrected chi connectivity index (χ4v) is 3.07. The van der Waals surface area contributed by atoms with Crippen molar-refractivity contribution in [3.05, 3.63) is 68.0 Å². The van der Waals surface area contributed by atoms with E-state index in [9.17, 15) is 9.59 Å². The maximum Gasteiger partial charge on any atom is 0.317 e. The van der Waals surface area contributed by atoms with Crippen molar-refractivity contribution in [2.24, 2.45) is 7.05 Å². The minimum Gasteiger partial charge on any atom is -0.425 e. The third kappa shape index (κ3) is 3.34. The Kier molecular flexibility index (Phi) is 4.69. The monoisotopic (exact) mass is 406 g/mol. The SMILES string of the molecule is Cn1nc(CC(=O)Oc2ccc(Br)cc2Cl)c2ccccc2c1=O. The smallest absolute Gasteiger partial charge is 0.317 e. The summed E-state index contributed by atoms with van der Waals surface area (Å²) in [6, 6.07) is 12.0. The van der Waals surface area contributed by atoms with E-state index in [1.807, 2.05) is 0 Å². The molecule has 0 aliphatic rings. The Balaban J connectivity index is 1.91. The summed E-state index contributed by atoms with van der Waals surface area (Å²) in [6.07, 6.45) is -0.0684. The molecule has 2 aromatic carbocycles. The largest absolute Gasteiger partial charge is 0.425 e. The van der Waals surface area contributed by atoms with Crippen LogP contribution in [0.5, 0.6) is 5.75 Å². The van der Waals surface area contributed by atoms with Gasteiger partial charge in [0, 0.05) is 16.9 Å². The van der Waals surface area contributed by atoms with E-state index in [0.29, 0.717) is 21.5 Å². The van der Waals surface area contributed by atoms with Crippen LogP contribution >= 0.6 is 27.5 Å². The highest BCUT2D eigenvalue weighted by Crippen LogP contribution is 2.28. The van der Waals surface area contributed by atoms with Crippen molar-refractivity contribution in [1.29, 1.82) is 0 Å². The van der Waals surface area contributed by atoms with Crippen LogP contribution in [0.25, 0.3) is 10.8 Å². The van der Waals surface area contributed by atoms with Gasteiger partial charge in [0.05, 0.1) is 22.5 Å². The molecule has 0 atom stereocenters. The maximum absolute atomic E-state index is 12.2. The molecule has 0 unspecified atom stereocenters. The summed E-state index contributed by atoms with van der Waals surface area (Å²) in [4.78, 5) is 24.3. The lowest BCUT2D eigenvalue weighted by Crippen LogP contribution is -2.23. The minimum absolute atomic E-state index is 0.0684. The standard InChI is InChI=1S/C17H12BrClN2O3/c1-21-17(23)12-5-3-2-4-11(12)14(20-21)9-16(22)24-15-7-6-10(18)8-13(15)19/h2-8H,9H2,1H3. The van der Waals surface area contributed by atoms with E-state index in [0.717, 1.165) is 4.47 Å². The van der Waals surface area contributed by atoms with Gasteiger partial charge in [-0.15, -0.1) is 0 Å². The Morgan fingerprint density at radius 2 is 1.96 bits per heavy atom. The summed E-state index contributed by atoms with van der Waals surface area (Å²) in [6.45, 7) is 0. The summed E-state index contributed by atoms with van der Waals surface area (Å²) in [5, 5.41) is 5.66. The van der Waals surface area contributed by atoms with Crippen LogP contribution in [0.3, 0.4) is 0 Å². The van der Waals surface area contributed by atoms with Gasteiger partial charge in [0.15, 0.2) is 0 Å². The second-order valence-corrected chi connectivity index (χ2v) is 6.47. The number of hydrogen-bond donors (Lipinski definition) is 0. The molecule has 0 fully saturated rings. The molecular formula is C17H12BrClN2O3. The summed E-state index contributed by atoms with van der Waals surface area (Å²) in [5.74, 6) is -0.227. The number of ether oxygens (including phenoxy) is 1. The molecule has 0 aliphatic carbocycles.